The highest BCUT2D eigenvalue weighted by molar-refractivity contribution is 7.91. The number of nitrogens with one attached hydrogen (secondary N) is 1. The van der Waals surface area contributed by atoms with E-state index in [4.69, 9.17) is 0 Å². The molecule has 0 unspecified atom stereocenters. The Morgan fingerprint density at radius 1 is 1.37 bits per heavy atom. The molecular weight excluding hydrogens is 262 g/mol. The van der Waals surface area contributed by atoms with Gasteiger partial charge in [-0.2, -0.15) is 0 Å². The molecule has 2 fully saturated rings. The maximum Gasteiger partial charge on any atom is 0.193 e. The monoisotopic (exact) mass is 287 g/mol. The summed E-state index contributed by atoms with van der Waals surface area (Å²) in [5, 5.41) is 3.18. The van der Waals surface area contributed by atoms with Crippen molar-refractivity contribution in [3.63, 3.8) is 0 Å². The van der Waals surface area contributed by atoms with E-state index in [1.54, 1.807) is 14.0 Å². The third-order valence-electron chi connectivity index (χ3n) is 4.50. The molecule has 19 heavy (non-hydrogen) atoms. The molecule has 0 atom stereocenters. The van der Waals surface area contributed by atoms with Gasteiger partial charge in [-0.05, 0) is 24.7 Å². The summed E-state index contributed by atoms with van der Waals surface area (Å²) in [5.74, 6) is 1.25. The van der Waals surface area contributed by atoms with Crippen molar-refractivity contribution in [3.8, 4) is 0 Å². The van der Waals surface area contributed by atoms with Crippen LogP contribution < -0.4 is 5.32 Å². The highest BCUT2D eigenvalue weighted by Gasteiger charge is 2.43. The van der Waals surface area contributed by atoms with Crippen molar-refractivity contribution >= 4 is 15.8 Å². The molecule has 0 aromatic heterocycles. The molecule has 0 radical (unpaired) electrons. The van der Waals surface area contributed by atoms with Crippen LogP contribution in [0, 0.1) is 5.41 Å². The van der Waals surface area contributed by atoms with E-state index in [0.717, 1.165) is 19.0 Å². The first-order chi connectivity index (χ1) is 9.00. The zero-order chi connectivity index (χ0) is 13.9. The van der Waals surface area contributed by atoms with Gasteiger partial charge in [0.2, 0.25) is 0 Å². The molecule has 1 heterocycles. The highest BCUT2D eigenvalue weighted by Crippen LogP contribution is 2.47. The van der Waals surface area contributed by atoms with Gasteiger partial charge in [0.1, 0.15) is 0 Å². The zero-order valence-corrected chi connectivity index (χ0v) is 12.8. The Bertz CT molecular complexity index is 441. The predicted molar refractivity (Wildman–Crippen MR) is 78.2 cm³/mol. The quantitative estimate of drug-likeness (QED) is 0.616. The van der Waals surface area contributed by atoms with E-state index in [9.17, 15) is 8.42 Å². The molecule has 2 aliphatic rings. The number of rotatable bonds is 4. The molecule has 1 saturated carbocycles. The van der Waals surface area contributed by atoms with Crippen molar-refractivity contribution in [3.05, 3.63) is 0 Å². The van der Waals surface area contributed by atoms with Gasteiger partial charge in [-0.1, -0.05) is 13.3 Å². The summed E-state index contributed by atoms with van der Waals surface area (Å²) in [5.41, 5.74) is 0.535. The van der Waals surface area contributed by atoms with Gasteiger partial charge in [0.15, 0.2) is 15.8 Å². The molecule has 1 N–H and O–H groups in total. The standard InChI is InChI=1S/C13H25N3O2S/c1-3-19(17,18)10-8-15-12(14-2)16-9-7-13(11-16)5-4-6-13/h3-11H2,1-2H3,(H,14,15). The fourth-order valence-corrected chi connectivity index (χ4v) is 3.70. The predicted octanol–water partition coefficient (Wildman–Crippen LogP) is 0.873. The molecule has 0 amide bonds. The average molecular weight is 287 g/mol. The maximum absolute atomic E-state index is 11.5. The number of hydrogen-bond acceptors (Lipinski definition) is 3. The van der Waals surface area contributed by atoms with Crippen LogP contribution in [0.3, 0.4) is 0 Å². The van der Waals surface area contributed by atoms with Crippen LogP contribution in [0.4, 0.5) is 0 Å². The Hall–Kier alpha value is -0.780. The van der Waals surface area contributed by atoms with Gasteiger partial charge in [0.25, 0.3) is 0 Å². The molecule has 110 valence electrons. The van der Waals surface area contributed by atoms with Crippen LogP contribution in [0.25, 0.3) is 0 Å². The molecule has 5 nitrogen and oxygen atoms in total. The largest absolute Gasteiger partial charge is 0.355 e. The second kappa shape index (κ2) is 5.69. The van der Waals surface area contributed by atoms with Gasteiger partial charge in [-0.25, -0.2) is 8.42 Å². The van der Waals surface area contributed by atoms with E-state index in [2.05, 4.69) is 15.2 Å². The van der Waals surface area contributed by atoms with E-state index in [0.29, 0.717) is 12.0 Å². The molecule has 1 saturated heterocycles. The number of nitrogens with zero attached hydrogens (tertiary/aromatic N) is 2. The van der Waals surface area contributed by atoms with Gasteiger partial charge in [0, 0.05) is 32.4 Å². The number of likely N-dealkylation sites (tertiary alicyclic amines) is 1. The first-order valence-electron chi connectivity index (χ1n) is 7.16. The van der Waals surface area contributed by atoms with Crippen LogP contribution in [0.1, 0.15) is 32.6 Å². The Labute approximate surface area is 116 Å². The van der Waals surface area contributed by atoms with Crippen LogP contribution in [0.5, 0.6) is 0 Å². The molecule has 0 aromatic carbocycles. The first-order valence-corrected chi connectivity index (χ1v) is 8.98. The third-order valence-corrected chi connectivity index (χ3v) is 6.21. The van der Waals surface area contributed by atoms with Crippen molar-refractivity contribution < 1.29 is 8.42 Å². The molecule has 2 rings (SSSR count). The van der Waals surface area contributed by atoms with E-state index >= 15 is 0 Å². The number of sulfone groups is 1. The summed E-state index contributed by atoms with van der Waals surface area (Å²) in [6.07, 6.45) is 5.28. The summed E-state index contributed by atoms with van der Waals surface area (Å²) in [6.45, 7) is 4.25. The lowest BCUT2D eigenvalue weighted by Crippen LogP contribution is -2.43. The Morgan fingerprint density at radius 3 is 2.58 bits per heavy atom. The van der Waals surface area contributed by atoms with Crippen molar-refractivity contribution in [2.45, 2.75) is 32.6 Å². The first kappa shape index (κ1) is 14.6. The van der Waals surface area contributed by atoms with E-state index < -0.39 is 9.84 Å². The van der Waals surface area contributed by atoms with Gasteiger partial charge in [0.05, 0.1) is 5.75 Å². The molecule has 1 aliphatic carbocycles. The third kappa shape index (κ3) is 3.41. The van der Waals surface area contributed by atoms with Crippen LogP contribution in [0.15, 0.2) is 4.99 Å². The highest BCUT2D eigenvalue weighted by atomic mass is 32.2. The number of aliphatic imine (C=N–C) groups is 1. The minimum Gasteiger partial charge on any atom is -0.355 e. The van der Waals surface area contributed by atoms with Crippen LogP contribution in [-0.4, -0.2) is 57.5 Å². The van der Waals surface area contributed by atoms with E-state index in [1.165, 1.54) is 25.7 Å². The molecule has 6 heteroatoms. The van der Waals surface area contributed by atoms with Gasteiger partial charge >= 0.3 is 0 Å². The van der Waals surface area contributed by atoms with E-state index in [-0.39, 0.29) is 11.5 Å². The van der Waals surface area contributed by atoms with Crippen LogP contribution >= 0.6 is 0 Å². The van der Waals surface area contributed by atoms with Crippen molar-refractivity contribution in [1.82, 2.24) is 10.2 Å². The molecule has 1 aliphatic heterocycles. The SMILES string of the molecule is CCS(=O)(=O)CCNC(=NC)N1CCC2(CCC2)C1. The average Bonchev–Trinajstić information content (AvgIpc) is 2.80. The Kier molecular flexibility index (Phi) is 4.38. The number of guanidine groups is 1. The van der Waals surface area contributed by atoms with Gasteiger partial charge < -0.3 is 10.2 Å². The lowest BCUT2D eigenvalue weighted by atomic mass is 9.68. The molecule has 1 spiro atoms. The molecular formula is C13H25N3O2S. The summed E-state index contributed by atoms with van der Waals surface area (Å²) in [7, 11) is -1.13. The maximum atomic E-state index is 11.5. The normalized spacial score (nSPS) is 22.6. The lowest BCUT2D eigenvalue weighted by molar-refractivity contribution is 0.151. The lowest BCUT2D eigenvalue weighted by Gasteiger charge is -2.38. The summed E-state index contributed by atoms with van der Waals surface area (Å²) >= 11 is 0. The Morgan fingerprint density at radius 2 is 2.11 bits per heavy atom. The van der Waals surface area contributed by atoms with Crippen LogP contribution in [0.2, 0.25) is 0 Å². The Balaban J connectivity index is 1.81. The zero-order valence-electron chi connectivity index (χ0n) is 12.0. The van der Waals surface area contributed by atoms with E-state index in [1.807, 2.05) is 0 Å². The van der Waals surface area contributed by atoms with Crippen molar-refractivity contribution in [2.24, 2.45) is 10.4 Å². The second-order valence-electron chi connectivity index (χ2n) is 5.74. The van der Waals surface area contributed by atoms with Crippen molar-refractivity contribution in [1.29, 1.82) is 0 Å². The fourth-order valence-electron chi connectivity index (χ4n) is 3.00. The molecule has 0 bridgehead atoms. The molecule has 0 aromatic rings. The second-order valence-corrected chi connectivity index (χ2v) is 8.21. The van der Waals surface area contributed by atoms with Gasteiger partial charge in [-0.15, -0.1) is 0 Å². The minimum absolute atomic E-state index is 0.182. The number of hydrogen-bond donors (Lipinski definition) is 1. The smallest absolute Gasteiger partial charge is 0.193 e. The minimum atomic E-state index is -2.90. The summed E-state index contributed by atoms with van der Waals surface area (Å²) < 4.78 is 22.9. The van der Waals surface area contributed by atoms with Crippen LogP contribution in [-0.2, 0) is 9.84 Å². The summed E-state index contributed by atoms with van der Waals surface area (Å²) in [6, 6.07) is 0. The van der Waals surface area contributed by atoms with Gasteiger partial charge in [-0.3, -0.25) is 4.99 Å². The summed E-state index contributed by atoms with van der Waals surface area (Å²) in [4.78, 5) is 6.55. The van der Waals surface area contributed by atoms with Crippen molar-refractivity contribution in [2.75, 3.05) is 38.2 Å². The fraction of sp³-hybridized carbons (Fsp3) is 0.923. The topological polar surface area (TPSA) is 61.8 Å².